The molecule has 190 valence electrons. The third-order valence-electron chi connectivity index (χ3n) is 5.83. The molecule has 8 N–H and O–H groups in total. The molecule has 2 aliphatic rings. The summed E-state index contributed by atoms with van der Waals surface area (Å²) < 4.78 is 55.1. The number of nitrogens with zero attached hydrogens (tertiary/aromatic N) is 4. The van der Waals surface area contributed by atoms with Gasteiger partial charge in [-0.3, -0.25) is 0 Å². The molecular weight excluding hydrogens is 508 g/mol. The summed E-state index contributed by atoms with van der Waals surface area (Å²) in [5, 5.41) is 19.8. The Balaban J connectivity index is 1.71. The first kappa shape index (κ1) is 24.4. The first-order valence-electron chi connectivity index (χ1n) is 11.0. The lowest BCUT2D eigenvalue weighted by Crippen LogP contribution is -2.53. The normalized spacial score (nSPS) is 18.6. The summed E-state index contributed by atoms with van der Waals surface area (Å²) in [6.07, 6.45) is 0. The molecule has 1 fully saturated rings. The quantitative estimate of drug-likeness (QED) is 0.231. The molecule has 14 nitrogen and oxygen atoms in total. The molecule has 0 aliphatic carbocycles. The number of imidazole rings is 1. The molecule has 1 atom stereocenters. The van der Waals surface area contributed by atoms with Crippen molar-refractivity contribution in [3.63, 3.8) is 0 Å². The number of benzene rings is 2. The number of nitrogens with two attached hydrogens (primary N) is 2. The Labute approximate surface area is 206 Å². The summed E-state index contributed by atoms with van der Waals surface area (Å²) in [5.41, 5.74) is 7.62. The molecule has 2 aliphatic heterocycles. The van der Waals surface area contributed by atoms with Crippen LogP contribution in [0.4, 0.5) is 5.95 Å². The van der Waals surface area contributed by atoms with E-state index in [0.717, 1.165) is 6.54 Å². The molecule has 36 heavy (non-hydrogen) atoms. The molecule has 16 heteroatoms. The maximum Gasteiger partial charge on any atom is 0.241 e. The van der Waals surface area contributed by atoms with Gasteiger partial charge in [0.25, 0.3) is 0 Å². The number of aromatic amines is 1. The molecule has 0 unspecified atom stereocenters. The van der Waals surface area contributed by atoms with Gasteiger partial charge in [-0.1, -0.05) is 18.2 Å². The van der Waals surface area contributed by atoms with Gasteiger partial charge in [-0.2, -0.15) is 5.11 Å². The van der Waals surface area contributed by atoms with Crippen molar-refractivity contribution >= 4 is 42.9 Å². The number of H-pyrrole nitrogens is 1. The molecule has 0 spiro atoms. The Morgan fingerprint density at radius 1 is 1.08 bits per heavy atom. The summed E-state index contributed by atoms with van der Waals surface area (Å²) in [5.74, 6) is 0.113. The number of primary sulfonamides is 1. The zero-order valence-electron chi connectivity index (χ0n) is 18.9. The molecule has 0 amide bonds. The van der Waals surface area contributed by atoms with Crippen LogP contribution in [0.2, 0.25) is 0 Å². The van der Waals surface area contributed by atoms with Crippen molar-refractivity contribution in [1.82, 2.24) is 25.3 Å². The number of aliphatic imine (C=N–C) groups is 1. The highest BCUT2D eigenvalue weighted by Crippen LogP contribution is 2.37. The lowest BCUT2D eigenvalue weighted by Gasteiger charge is -2.25. The second-order valence-corrected chi connectivity index (χ2v) is 11.5. The molecule has 0 saturated carbocycles. The number of fused-ring (bicyclic) bond motifs is 1. The smallest absolute Gasteiger partial charge is 0.241 e. The van der Waals surface area contributed by atoms with Gasteiger partial charge in [-0.25, -0.2) is 36.7 Å². The van der Waals surface area contributed by atoms with E-state index in [1.807, 2.05) is 0 Å². The molecule has 0 bridgehead atoms. The van der Waals surface area contributed by atoms with Crippen molar-refractivity contribution in [3.8, 4) is 11.1 Å². The number of nitrogen functional groups attached to an aromatic ring is 1. The van der Waals surface area contributed by atoms with Crippen LogP contribution in [0.3, 0.4) is 0 Å². The highest BCUT2D eigenvalue weighted by Gasteiger charge is 2.33. The van der Waals surface area contributed by atoms with Gasteiger partial charge >= 0.3 is 0 Å². The van der Waals surface area contributed by atoms with Crippen LogP contribution in [0.1, 0.15) is 5.56 Å². The van der Waals surface area contributed by atoms with E-state index in [1.165, 1.54) is 12.1 Å². The van der Waals surface area contributed by atoms with E-state index < -0.39 is 29.8 Å². The first-order valence-corrected chi connectivity index (χ1v) is 14.0. The number of hydrogen-bond donors (Lipinski definition) is 6. The van der Waals surface area contributed by atoms with Gasteiger partial charge in [0.15, 0.2) is 18.5 Å². The number of azo groups is 1. The van der Waals surface area contributed by atoms with Crippen LogP contribution in [0.25, 0.3) is 22.2 Å². The van der Waals surface area contributed by atoms with E-state index in [9.17, 15) is 16.8 Å². The summed E-state index contributed by atoms with van der Waals surface area (Å²) in [6.45, 7) is 2.02. The average Bonchev–Trinajstić information content (AvgIpc) is 3.51. The number of para-hydroxylation sites is 1. The minimum Gasteiger partial charge on any atom is -0.369 e. The van der Waals surface area contributed by atoms with Crippen molar-refractivity contribution in [2.75, 3.05) is 38.6 Å². The number of hydrogen-bond acceptors (Lipinski definition) is 11. The van der Waals surface area contributed by atoms with Crippen molar-refractivity contribution < 1.29 is 16.8 Å². The number of rotatable bonds is 7. The summed E-state index contributed by atoms with van der Waals surface area (Å²) >= 11 is 0. The molecule has 3 heterocycles. The monoisotopic (exact) mass is 532 g/mol. The van der Waals surface area contributed by atoms with Crippen LogP contribution in [-0.2, 0) is 20.0 Å². The Bertz CT molecular complexity index is 1610. The highest BCUT2D eigenvalue weighted by atomic mass is 32.2. The topological polar surface area (TPSA) is 222 Å². The summed E-state index contributed by atoms with van der Waals surface area (Å²) in [7, 11) is -8.90. The summed E-state index contributed by atoms with van der Waals surface area (Å²) in [4.78, 5) is 10.3. The molecular formula is C20H24N10O4S2. The van der Waals surface area contributed by atoms with Crippen molar-refractivity contribution in [2.24, 2.45) is 20.4 Å². The van der Waals surface area contributed by atoms with Gasteiger partial charge in [0.1, 0.15) is 9.79 Å². The number of amidine groups is 1. The molecule has 5 rings (SSSR count). The van der Waals surface area contributed by atoms with E-state index in [-0.39, 0.29) is 36.6 Å². The minimum atomic E-state index is -4.59. The van der Waals surface area contributed by atoms with Crippen molar-refractivity contribution in [1.29, 1.82) is 0 Å². The molecule has 1 aromatic heterocycles. The predicted octanol–water partition coefficient (Wildman–Crippen LogP) is -0.531. The van der Waals surface area contributed by atoms with Crippen LogP contribution in [-0.4, -0.2) is 71.5 Å². The van der Waals surface area contributed by atoms with Crippen LogP contribution in [0.15, 0.2) is 55.3 Å². The van der Waals surface area contributed by atoms with Gasteiger partial charge in [0, 0.05) is 37.8 Å². The molecule has 3 aromatic rings. The number of aromatic nitrogens is 2. The molecule has 0 radical (unpaired) electrons. The van der Waals surface area contributed by atoms with Crippen LogP contribution in [0.5, 0.6) is 0 Å². The van der Waals surface area contributed by atoms with Gasteiger partial charge in [-0.05, 0) is 17.7 Å². The van der Waals surface area contributed by atoms with Gasteiger partial charge in [0.05, 0.1) is 16.6 Å². The van der Waals surface area contributed by atoms with E-state index in [0.29, 0.717) is 35.2 Å². The lowest BCUT2D eigenvalue weighted by atomic mass is 9.97. The van der Waals surface area contributed by atoms with Crippen LogP contribution >= 0.6 is 0 Å². The zero-order chi connectivity index (χ0) is 25.5. The van der Waals surface area contributed by atoms with Gasteiger partial charge < -0.3 is 21.4 Å². The van der Waals surface area contributed by atoms with Crippen LogP contribution in [0, 0.1) is 0 Å². The minimum absolute atomic E-state index is 0.0338. The fourth-order valence-electron chi connectivity index (χ4n) is 4.28. The Hall–Kier alpha value is -3.28. The predicted molar refractivity (Wildman–Crippen MR) is 133 cm³/mol. The third kappa shape index (κ3) is 4.61. The van der Waals surface area contributed by atoms with Crippen molar-refractivity contribution in [2.45, 2.75) is 15.8 Å². The van der Waals surface area contributed by atoms with Crippen LogP contribution < -0.4 is 26.2 Å². The van der Waals surface area contributed by atoms with E-state index in [4.69, 9.17) is 10.9 Å². The Morgan fingerprint density at radius 3 is 2.61 bits per heavy atom. The maximum absolute atomic E-state index is 13.4. The zero-order valence-corrected chi connectivity index (χ0v) is 20.5. The largest absolute Gasteiger partial charge is 0.369 e. The maximum atomic E-state index is 13.4. The lowest BCUT2D eigenvalue weighted by molar-refractivity contribution is 0.414. The fourth-order valence-corrected chi connectivity index (χ4v) is 6.96. The van der Waals surface area contributed by atoms with E-state index in [2.05, 4.69) is 40.5 Å². The number of piperazine rings is 1. The third-order valence-corrected chi connectivity index (χ3v) is 8.42. The average molecular weight is 533 g/mol. The molecule has 1 saturated heterocycles. The Kier molecular flexibility index (Phi) is 6.31. The number of nitrogens with one attached hydrogen (secondary N) is 4. The van der Waals surface area contributed by atoms with Gasteiger partial charge in [-0.15, -0.1) is 5.11 Å². The Morgan fingerprint density at radius 2 is 1.92 bits per heavy atom. The highest BCUT2D eigenvalue weighted by molar-refractivity contribution is 7.92. The first-order chi connectivity index (χ1) is 17.1. The summed E-state index contributed by atoms with van der Waals surface area (Å²) in [6, 6.07) is 7.71. The number of sulfonamides is 2. The number of anilines is 1. The second kappa shape index (κ2) is 9.30. The van der Waals surface area contributed by atoms with Crippen molar-refractivity contribution in [3.05, 3.63) is 35.9 Å². The van der Waals surface area contributed by atoms with E-state index in [1.54, 1.807) is 18.2 Å². The fraction of sp³-hybridized carbons (Fsp3) is 0.300. The second-order valence-electron chi connectivity index (χ2n) is 8.26. The SMILES string of the molecule is Nc1nc2c(-c3ccc(S(=O)(=O)NC[C@H]4CNCCN4)c(S(N)(=O)=O)c3C3=NCN=N3)cccc2[nH]1. The van der Waals surface area contributed by atoms with E-state index >= 15 is 0 Å². The standard InChI is InChI=1S/C20H24N10O4S2/c21-20-28-14-3-1-2-13(17(14)29-20)12-4-5-15(36(33,34)27-9-11-8-23-6-7-24-11)18(35(22,31)32)16(12)19-25-10-26-30-19/h1-5,11,23-24,27H,6-10H2,(H3,21,28,29)(H2,22,31,32)/t11-/m1/s1. The molecule has 2 aromatic carbocycles. The van der Waals surface area contributed by atoms with Gasteiger partial charge in [0.2, 0.25) is 20.0 Å².